The van der Waals surface area contributed by atoms with E-state index in [1.54, 1.807) is 12.0 Å². The van der Waals surface area contributed by atoms with E-state index in [4.69, 9.17) is 9.72 Å². The van der Waals surface area contributed by atoms with Crippen molar-refractivity contribution in [1.29, 1.82) is 0 Å². The van der Waals surface area contributed by atoms with Crippen LogP contribution in [-0.4, -0.2) is 29.9 Å². The fourth-order valence-corrected chi connectivity index (χ4v) is 3.33. The molecule has 1 aromatic heterocycles. The van der Waals surface area contributed by atoms with Crippen molar-refractivity contribution in [2.24, 2.45) is 0 Å². The summed E-state index contributed by atoms with van der Waals surface area (Å²) in [5.41, 5.74) is 3.66. The van der Waals surface area contributed by atoms with Gasteiger partial charge in [-0.05, 0) is 31.0 Å². The minimum Gasteiger partial charge on any atom is -0.496 e. The lowest BCUT2D eigenvalue weighted by Gasteiger charge is -2.20. The van der Waals surface area contributed by atoms with E-state index >= 15 is 0 Å². The van der Waals surface area contributed by atoms with Crippen molar-refractivity contribution in [2.75, 3.05) is 14.2 Å². The van der Waals surface area contributed by atoms with Gasteiger partial charge in [-0.25, -0.2) is 0 Å². The summed E-state index contributed by atoms with van der Waals surface area (Å²) >= 11 is 0. The smallest absolute Gasteiger partial charge is 0.254 e. The second kappa shape index (κ2) is 6.79. The van der Waals surface area contributed by atoms with Crippen LogP contribution in [0.15, 0.2) is 54.6 Å². The molecule has 132 valence electrons. The first kappa shape index (κ1) is 16.6. The van der Waals surface area contributed by atoms with Gasteiger partial charge >= 0.3 is 0 Å². The highest BCUT2D eigenvalue weighted by Crippen LogP contribution is 2.40. The third kappa shape index (κ3) is 3.15. The lowest BCUT2D eigenvalue weighted by molar-refractivity contribution is 0.0786. The first-order chi connectivity index (χ1) is 12.7. The van der Waals surface area contributed by atoms with Gasteiger partial charge in [0.1, 0.15) is 5.75 Å². The third-order valence-electron chi connectivity index (χ3n) is 4.91. The van der Waals surface area contributed by atoms with Gasteiger partial charge in [0, 0.05) is 36.2 Å². The van der Waals surface area contributed by atoms with Crippen molar-refractivity contribution in [3.8, 4) is 5.75 Å². The summed E-state index contributed by atoms with van der Waals surface area (Å²) in [7, 11) is 3.49. The molecule has 0 atom stereocenters. The second-order valence-electron chi connectivity index (χ2n) is 6.86. The Morgan fingerprint density at radius 1 is 1.15 bits per heavy atom. The van der Waals surface area contributed by atoms with Gasteiger partial charge in [-0.3, -0.25) is 9.78 Å². The maximum absolute atomic E-state index is 13.2. The van der Waals surface area contributed by atoms with Gasteiger partial charge < -0.3 is 9.64 Å². The molecule has 2 aromatic carbocycles. The fraction of sp³-hybridized carbons (Fsp3) is 0.273. The summed E-state index contributed by atoms with van der Waals surface area (Å²) < 4.78 is 5.41. The predicted octanol–water partition coefficient (Wildman–Crippen LogP) is 4.39. The minimum absolute atomic E-state index is 0.0106. The van der Waals surface area contributed by atoms with Crippen LogP contribution in [0.4, 0.5) is 0 Å². The predicted molar refractivity (Wildman–Crippen MR) is 103 cm³/mol. The molecule has 4 heteroatoms. The highest BCUT2D eigenvalue weighted by molar-refractivity contribution is 6.06. The highest BCUT2D eigenvalue weighted by Gasteiger charge is 2.27. The van der Waals surface area contributed by atoms with Gasteiger partial charge in [-0.2, -0.15) is 0 Å². The Labute approximate surface area is 153 Å². The normalized spacial score (nSPS) is 13.6. The molecule has 0 aliphatic heterocycles. The van der Waals surface area contributed by atoms with E-state index in [0.29, 0.717) is 12.5 Å². The molecular formula is C22H22N2O2. The van der Waals surface area contributed by atoms with E-state index < -0.39 is 0 Å². The Morgan fingerprint density at radius 3 is 2.65 bits per heavy atom. The van der Waals surface area contributed by atoms with E-state index in [9.17, 15) is 4.79 Å². The Morgan fingerprint density at radius 2 is 1.88 bits per heavy atom. The summed E-state index contributed by atoms with van der Waals surface area (Å²) in [4.78, 5) is 19.7. The molecule has 0 unspecified atom stereocenters. The number of nitrogens with zero attached hydrogens (tertiary/aromatic N) is 2. The van der Waals surface area contributed by atoms with E-state index in [1.807, 2.05) is 61.6 Å². The van der Waals surface area contributed by atoms with E-state index in [1.165, 1.54) is 0 Å². The van der Waals surface area contributed by atoms with Crippen molar-refractivity contribution >= 4 is 16.8 Å². The molecular weight excluding hydrogens is 324 g/mol. The van der Waals surface area contributed by atoms with E-state index in [2.05, 4.69) is 0 Å². The molecule has 1 aliphatic rings. The lowest BCUT2D eigenvalue weighted by atomic mass is 10.0. The number of carbonyl (C=O) groups is 1. The Balaban J connectivity index is 1.69. The monoisotopic (exact) mass is 346 g/mol. The molecule has 1 heterocycles. The first-order valence-corrected chi connectivity index (χ1v) is 8.94. The zero-order chi connectivity index (χ0) is 18.1. The van der Waals surface area contributed by atoms with Gasteiger partial charge in [0.2, 0.25) is 0 Å². The maximum atomic E-state index is 13.2. The quantitative estimate of drug-likeness (QED) is 0.688. The van der Waals surface area contributed by atoms with Crippen molar-refractivity contribution in [1.82, 2.24) is 9.88 Å². The lowest BCUT2D eigenvalue weighted by Crippen LogP contribution is -2.27. The summed E-state index contributed by atoms with van der Waals surface area (Å²) in [5.74, 6) is 1.31. The summed E-state index contributed by atoms with van der Waals surface area (Å²) in [6.07, 6.45) is 2.33. The Hall–Kier alpha value is -2.88. The van der Waals surface area contributed by atoms with Crippen molar-refractivity contribution < 1.29 is 9.53 Å². The molecule has 1 amide bonds. The van der Waals surface area contributed by atoms with Crippen LogP contribution < -0.4 is 4.74 Å². The van der Waals surface area contributed by atoms with Crippen molar-refractivity contribution in [3.63, 3.8) is 0 Å². The van der Waals surface area contributed by atoms with Crippen LogP contribution in [0.1, 0.15) is 40.4 Å². The molecule has 4 nitrogen and oxygen atoms in total. The number of methoxy groups -OCH3 is 1. The Bertz CT molecular complexity index is 963. The second-order valence-corrected chi connectivity index (χ2v) is 6.86. The van der Waals surface area contributed by atoms with E-state index in [0.717, 1.165) is 46.3 Å². The molecule has 0 N–H and O–H groups in total. The first-order valence-electron chi connectivity index (χ1n) is 8.94. The molecule has 1 saturated carbocycles. The zero-order valence-corrected chi connectivity index (χ0v) is 15.1. The van der Waals surface area contributed by atoms with Crippen LogP contribution in [0.25, 0.3) is 10.9 Å². The van der Waals surface area contributed by atoms with Gasteiger partial charge in [-0.1, -0.05) is 36.4 Å². The highest BCUT2D eigenvalue weighted by atomic mass is 16.5. The average Bonchev–Trinajstić information content (AvgIpc) is 3.52. The molecule has 3 aromatic rings. The summed E-state index contributed by atoms with van der Waals surface area (Å²) in [6, 6.07) is 17.7. The maximum Gasteiger partial charge on any atom is 0.254 e. The fourth-order valence-electron chi connectivity index (χ4n) is 3.33. The molecule has 26 heavy (non-hydrogen) atoms. The van der Waals surface area contributed by atoms with Crippen LogP contribution in [0, 0.1) is 0 Å². The number of aromatic nitrogens is 1. The van der Waals surface area contributed by atoms with Crippen molar-refractivity contribution in [3.05, 3.63) is 71.4 Å². The SMILES string of the molecule is COc1ccccc1CN(C)C(=O)c1cc(C2CC2)nc2ccccc12. The van der Waals surface area contributed by atoms with Crippen LogP contribution in [0.3, 0.4) is 0 Å². The largest absolute Gasteiger partial charge is 0.496 e. The summed E-state index contributed by atoms with van der Waals surface area (Å²) in [5, 5.41) is 0.911. The molecule has 4 rings (SSSR count). The number of rotatable bonds is 5. The number of ether oxygens (including phenoxy) is 1. The number of fused-ring (bicyclic) bond motifs is 1. The van der Waals surface area contributed by atoms with Crippen LogP contribution in [-0.2, 0) is 6.54 Å². The summed E-state index contributed by atoms with van der Waals surface area (Å²) in [6.45, 7) is 0.498. The minimum atomic E-state index is 0.0106. The number of amides is 1. The molecule has 0 spiro atoms. The number of carbonyl (C=O) groups excluding carboxylic acids is 1. The topological polar surface area (TPSA) is 42.4 Å². The number of para-hydroxylation sites is 2. The molecule has 0 saturated heterocycles. The van der Waals surface area contributed by atoms with Crippen molar-refractivity contribution in [2.45, 2.75) is 25.3 Å². The van der Waals surface area contributed by atoms with Crippen LogP contribution in [0.2, 0.25) is 0 Å². The van der Waals surface area contributed by atoms with Gasteiger partial charge in [0.05, 0.1) is 18.2 Å². The van der Waals surface area contributed by atoms with Gasteiger partial charge in [0.25, 0.3) is 5.91 Å². The standard InChI is InChI=1S/C22H22N2O2/c1-24(14-16-7-3-6-10-21(16)26-2)22(25)18-13-20(15-11-12-15)23-19-9-5-4-8-17(18)19/h3-10,13,15H,11-12,14H2,1-2H3. The number of hydrogen-bond acceptors (Lipinski definition) is 3. The molecule has 1 aliphatic carbocycles. The van der Waals surface area contributed by atoms with Crippen LogP contribution in [0.5, 0.6) is 5.75 Å². The molecule has 0 radical (unpaired) electrons. The molecule has 0 bridgehead atoms. The molecule has 1 fully saturated rings. The number of pyridine rings is 1. The van der Waals surface area contributed by atoms with Gasteiger partial charge in [-0.15, -0.1) is 0 Å². The third-order valence-corrected chi connectivity index (χ3v) is 4.91. The van der Waals surface area contributed by atoms with E-state index in [-0.39, 0.29) is 5.91 Å². The number of benzene rings is 2. The van der Waals surface area contributed by atoms with Crippen LogP contribution >= 0.6 is 0 Å². The number of hydrogen-bond donors (Lipinski definition) is 0. The Kier molecular flexibility index (Phi) is 4.33. The zero-order valence-electron chi connectivity index (χ0n) is 15.1. The van der Waals surface area contributed by atoms with Gasteiger partial charge in [0.15, 0.2) is 0 Å². The average molecular weight is 346 g/mol.